The highest BCUT2D eigenvalue weighted by Crippen LogP contribution is 2.55. The first-order chi connectivity index (χ1) is 18.1. The Morgan fingerprint density at radius 2 is 1.84 bits per heavy atom. The van der Waals surface area contributed by atoms with Gasteiger partial charge in [-0.05, 0) is 49.7 Å². The van der Waals surface area contributed by atoms with Crippen molar-refractivity contribution in [2.75, 3.05) is 6.61 Å². The fourth-order valence-corrected chi connectivity index (χ4v) is 5.71. The Balaban J connectivity index is 2.06. The molecule has 1 heterocycles. The number of carboxylic acid groups (broad SMARTS) is 1. The van der Waals surface area contributed by atoms with E-state index in [0.29, 0.717) is 0 Å². The summed E-state index contributed by atoms with van der Waals surface area (Å²) in [5, 5.41) is 20.9. The number of para-hydroxylation sites is 1. The summed E-state index contributed by atoms with van der Waals surface area (Å²) in [6, 6.07) is 12.9. The number of hydrogen-bond donors (Lipinski definition) is 1. The smallest absolute Gasteiger partial charge is 0.327 e. The third-order valence-electron chi connectivity index (χ3n) is 6.97. The number of ether oxygens (including phenoxy) is 1. The number of rotatable bonds is 6. The van der Waals surface area contributed by atoms with Crippen LogP contribution in [-0.2, 0) is 10.2 Å². The number of nitriles is 1. The van der Waals surface area contributed by atoms with Crippen LogP contribution < -0.4 is 4.74 Å². The van der Waals surface area contributed by atoms with Crippen LogP contribution >= 0.6 is 23.2 Å². The molecule has 0 radical (unpaired) electrons. The molecule has 1 aliphatic rings. The number of amides is 1. The molecule has 1 N–H and O–H groups in total. The standard InChI is InChI=1S/C28H22Cl2F2N2O4/c1-3-38-22-10-5-4-7-17(22)26(35)34-15(2)28(14-33,19-12-11-16(29)13-21(19)31)23(25(34)27(36)37)18-8-6-9-20(30)24(18)32/h4-13,15,23,25H,3H2,1-2H3,(H,36,37)/t15-,23-,25+,28+/m0/s1. The van der Waals surface area contributed by atoms with E-state index in [1.165, 1.54) is 43.3 Å². The topological polar surface area (TPSA) is 90.6 Å². The SMILES string of the molecule is CCOc1ccccc1C(=O)N1[C@@H](C)[C@](C#N)(c2ccc(Cl)cc2F)[C@@H](c2cccc(Cl)c2F)[C@@H]1C(=O)O. The highest BCUT2D eigenvalue weighted by atomic mass is 35.5. The Kier molecular flexibility index (Phi) is 7.63. The minimum absolute atomic E-state index is 0.0445. The number of aliphatic carboxylic acids is 1. The van der Waals surface area contributed by atoms with E-state index in [-0.39, 0.29) is 39.1 Å². The van der Waals surface area contributed by atoms with Gasteiger partial charge in [-0.15, -0.1) is 0 Å². The van der Waals surface area contributed by atoms with Gasteiger partial charge in [-0.3, -0.25) is 4.79 Å². The molecular weight excluding hydrogens is 537 g/mol. The van der Waals surface area contributed by atoms with Gasteiger partial charge in [0.15, 0.2) is 0 Å². The second-order valence-corrected chi connectivity index (χ2v) is 9.67. The van der Waals surface area contributed by atoms with Crippen LogP contribution in [0, 0.1) is 23.0 Å². The third-order valence-corrected chi connectivity index (χ3v) is 7.49. The quantitative estimate of drug-likeness (QED) is 0.388. The largest absolute Gasteiger partial charge is 0.493 e. The molecule has 4 atom stereocenters. The van der Waals surface area contributed by atoms with E-state index in [4.69, 9.17) is 27.9 Å². The summed E-state index contributed by atoms with van der Waals surface area (Å²) in [4.78, 5) is 27.9. The van der Waals surface area contributed by atoms with Crippen molar-refractivity contribution >= 4 is 35.1 Å². The molecule has 0 saturated carbocycles. The molecule has 0 unspecified atom stereocenters. The number of nitrogens with zero attached hydrogens (tertiary/aromatic N) is 2. The van der Waals surface area contributed by atoms with Crippen molar-refractivity contribution < 1.29 is 28.2 Å². The minimum atomic E-state index is -2.04. The lowest BCUT2D eigenvalue weighted by Gasteiger charge is -2.34. The van der Waals surface area contributed by atoms with Gasteiger partial charge in [0.1, 0.15) is 28.8 Å². The first-order valence-electron chi connectivity index (χ1n) is 11.7. The highest BCUT2D eigenvalue weighted by molar-refractivity contribution is 6.31. The van der Waals surface area contributed by atoms with Crippen LogP contribution in [0.3, 0.4) is 0 Å². The van der Waals surface area contributed by atoms with E-state index >= 15 is 8.78 Å². The molecule has 0 aromatic heterocycles. The van der Waals surface area contributed by atoms with Gasteiger partial charge in [-0.1, -0.05) is 53.5 Å². The van der Waals surface area contributed by atoms with Gasteiger partial charge in [0.25, 0.3) is 5.91 Å². The molecule has 3 aromatic rings. The van der Waals surface area contributed by atoms with Gasteiger partial charge in [-0.25, -0.2) is 13.6 Å². The Labute approximate surface area is 228 Å². The van der Waals surface area contributed by atoms with Crippen molar-refractivity contribution in [2.45, 2.75) is 37.3 Å². The number of hydrogen-bond acceptors (Lipinski definition) is 4. The van der Waals surface area contributed by atoms with E-state index < -0.39 is 46.9 Å². The maximum Gasteiger partial charge on any atom is 0.327 e. The first-order valence-corrected chi connectivity index (χ1v) is 12.4. The molecule has 196 valence electrons. The van der Waals surface area contributed by atoms with Crippen LogP contribution in [0.5, 0.6) is 5.75 Å². The first kappa shape index (κ1) is 27.4. The summed E-state index contributed by atoms with van der Waals surface area (Å²) < 4.78 is 36.6. The second kappa shape index (κ2) is 10.6. The van der Waals surface area contributed by atoms with E-state index in [0.717, 1.165) is 11.0 Å². The third kappa shape index (κ3) is 4.26. The lowest BCUT2D eigenvalue weighted by molar-refractivity contribution is -0.142. The van der Waals surface area contributed by atoms with Crippen molar-refractivity contribution in [1.29, 1.82) is 5.26 Å². The van der Waals surface area contributed by atoms with Crippen molar-refractivity contribution in [2.24, 2.45) is 0 Å². The van der Waals surface area contributed by atoms with Crippen LogP contribution in [0.1, 0.15) is 41.3 Å². The lowest BCUT2D eigenvalue weighted by atomic mass is 9.65. The molecule has 38 heavy (non-hydrogen) atoms. The number of likely N-dealkylation sites (tertiary alicyclic amines) is 1. The van der Waals surface area contributed by atoms with Crippen LogP contribution in [0.25, 0.3) is 0 Å². The van der Waals surface area contributed by atoms with Gasteiger partial charge in [-0.2, -0.15) is 5.26 Å². The van der Waals surface area contributed by atoms with E-state index in [1.54, 1.807) is 25.1 Å². The highest BCUT2D eigenvalue weighted by Gasteiger charge is 2.64. The molecular formula is C28H22Cl2F2N2O4. The molecule has 1 saturated heterocycles. The zero-order valence-corrected chi connectivity index (χ0v) is 21.8. The Bertz CT molecular complexity index is 1460. The molecule has 3 aromatic carbocycles. The van der Waals surface area contributed by atoms with E-state index in [1.807, 2.05) is 0 Å². The molecule has 1 fully saturated rings. The monoisotopic (exact) mass is 558 g/mol. The fourth-order valence-electron chi connectivity index (χ4n) is 5.37. The molecule has 0 bridgehead atoms. The number of halogens is 4. The minimum Gasteiger partial charge on any atom is -0.493 e. The van der Waals surface area contributed by atoms with Gasteiger partial charge in [0.05, 0.1) is 29.3 Å². The number of carboxylic acids is 1. The van der Waals surface area contributed by atoms with Crippen LogP contribution in [-0.4, -0.2) is 40.6 Å². The van der Waals surface area contributed by atoms with E-state index in [9.17, 15) is 20.0 Å². The second-order valence-electron chi connectivity index (χ2n) is 8.83. The number of benzene rings is 3. The summed E-state index contributed by atoms with van der Waals surface area (Å²) in [7, 11) is 0. The van der Waals surface area contributed by atoms with Gasteiger partial charge < -0.3 is 14.7 Å². The maximum atomic E-state index is 15.5. The number of carbonyl (C=O) groups is 2. The summed E-state index contributed by atoms with van der Waals surface area (Å²) in [5.41, 5.74) is -2.45. The maximum absolute atomic E-state index is 15.5. The lowest BCUT2D eigenvalue weighted by Crippen LogP contribution is -2.47. The molecule has 1 aliphatic heterocycles. The van der Waals surface area contributed by atoms with Crippen LogP contribution in [0.15, 0.2) is 60.7 Å². The molecule has 6 nitrogen and oxygen atoms in total. The summed E-state index contributed by atoms with van der Waals surface area (Å²) in [5.74, 6) is -5.48. The van der Waals surface area contributed by atoms with Gasteiger partial charge in [0, 0.05) is 16.5 Å². The number of carbonyl (C=O) groups excluding carboxylic acids is 1. The summed E-state index contributed by atoms with van der Waals surface area (Å²) in [6.45, 7) is 3.40. The van der Waals surface area contributed by atoms with Crippen LogP contribution in [0.4, 0.5) is 8.78 Å². The average Bonchev–Trinajstić information content (AvgIpc) is 3.15. The predicted octanol–water partition coefficient (Wildman–Crippen LogP) is 6.21. The Morgan fingerprint density at radius 1 is 1.13 bits per heavy atom. The molecule has 4 rings (SSSR count). The zero-order valence-electron chi connectivity index (χ0n) is 20.3. The van der Waals surface area contributed by atoms with E-state index in [2.05, 4.69) is 6.07 Å². The van der Waals surface area contributed by atoms with Crippen molar-refractivity contribution in [3.8, 4) is 11.8 Å². The Hall–Kier alpha value is -3.67. The van der Waals surface area contributed by atoms with Gasteiger partial charge in [0.2, 0.25) is 0 Å². The Morgan fingerprint density at radius 3 is 2.47 bits per heavy atom. The van der Waals surface area contributed by atoms with Gasteiger partial charge >= 0.3 is 5.97 Å². The zero-order chi connectivity index (χ0) is 27.8. The van der Waals surface area contributed by atoms with Crippen molar-refractivity contribution in [3.63, 3.8) is 0 Å². The van der Waals surface area contributed by atoms with Crippen molar-refractivity contribution in [1.82, 2.24) is 4.90 Å². The van der Waals surface area contributed by atoms with Crippen molar-refractivity contribution in [3.05, 3.63) is 99.0 Å². The summed E-state index contributed by atoms with van der Waals surface area (Å²) >= 11 is 12.0. The fraction of sp³-hybridized carbons (Fsp3) is 0.250. The van der Waals surface area contributed by atoms with Crippen LogP contribution in [0.2, 0.25) is 10.0 Å². The predicted molar refractivity (Wildman–Crippen MR) is 138 cm³/mol. The molecule has 1 amide bonds. The molecule has 10 heteroatoms. The molecule has 0 spiro atoms. The summed E-state index contributed by atoms with van der Waals surface area (Å²) in [6.07, 6.45) is 0. The normalized spacial score (nSPS) is 22.7. The molecule has 0 aliphatic carbocycles. The average molecular weight is 559 g/mol.